The highest BCUT2D eigenvalue weighted by Gasteiger charge is 2.22. The summed E-state index contributed by atoms with van der Waals surface area (Å²) >= 11 is 1.43. The quantitative estimate of drug-likeness (QED) is 0.927. The third kappa shape index (κ3) is 3.09. The largest absolute Gasteiger partial charge is 0.508 e. The maximum Gasteiger partial charge on any atom is 0.115 e. The van der Waals surface area contributed by atoms with Gasteiger partial charge in [-0.3, -0.25) is 4.90 Å². The molecule has 0 radical (unpaired) electrons. The molecule has 1 N–H and O–H groups in total. The predicted molar refractivity (Wildman–Crippen MR) is 72.0 cm³/mol. The van der Waals surface area contributed by atoms with Crippen LogP contribution in [0.5, 0.6) is 5.75 Å². The molecule has 100 valence electrons. The lowest BCUT2D eigenvalue weighted by molar-refractivity contribution is -0.0327. The SMILES string of the molecule is Oc1cccc(C2CN(Cc3cnns3)CCO2)c1. The average molecular weight is 277 g/mol. The minimum absolute atomic E-state index is 0.0155. The summed E-state index contributed by atoms with van der Waals surface area (Å²) in [5, 5.41) is 13.4. The molecule has 1 saturated heterocycles. The molecule has 3 rings (SSSR count). The third-order valence-corrected chi connectivity index (χ3v) is 3.82. The van der Waals surface area contributed by atoms with E-state index in [2.05, 4.69) is 14.5 Å². The van der Waals surface area contributed by atoms with Crippen molar-refractivity contribution >= 4 is 11.5 Å². The van der Waals surface area contributed by atoms with Crippen molar-refractivity contribution in [1.82, 2.24) is 14.5 Å². The van der Waals surface area contributed by atoms with E-state index >= 15 is 0 Å². The van der Waals surface area contributed by atoms with Crippen LogP contribution in [0, 0.1) is 0 Å². The van der Waals surface area contributed by atoms with Gasteiger partial charge in [-0.05, 0) is 29.2 Å². The molecule has 6 heteroatoms. The molecular formula is C13H15N3O2S. The summed E-state index contributed by atoms with van der Waals surface area (Å²) in [5.74, 6) is 0.282. The number of hydrogen-bond acceptors (Lipinski definition) is 6. The Kier molecular flexibility index (Phi) is 3.72. The zero-order valence-electron chi connectivity index (χ0n) is 10.4. The minimum atomic E-state index is 0.0155. The molecule has 2 heterocycles. The number of benzene rings is 1. The third-order valence-electron chi connectivity index (χ3n) is 3.18. The Labute approximate surface area is 115 Å². The molecule has 5 nitrogen and oxygen atoms in total. The van der Waals surface area contributed by atoms with Crippen molar-refractivity contribution in [3.05, 3.63) is 40.9 Å². The lowest BCUT2D eigenvalue weighted by Crippen LogP contribution is -2.37. The Balaban J connectivity index is 1.67. The van der Waals surface area contributed by atoms with Gasteiger partial charge in [-0.2, -0.15) is 0 Å². The van der Waals surface area contributed by atoms with Crippen LogP contribution in [-0.2, 0) is 11.3 Å². The van der Waals surface area contributed by atoms with Gasteiger partial charge in [0.05, 0.1) is 23.8 Å². The molecule has 1 unspecified atom stereocenters. The highest BCUT2D eigenvalue weighted by Crippen LogP contribution is 2.25. The van der Waals surface area contributed by atoms with Gasteiger partial charge in [-0.15, -0.1) is 5.10 Å². The van der Waals surface area contributed by atoms with Crippen LogP contribution < -0.4 is 0 Å². The molecule has 1 aliphatic heterocycles. The molecule has 1 fully saturated rings. The van der Waals surface area contributed by atoms with Crippen LogP contribution in [0.4, 0.5) is 0 Å². The van der Waals surface area contributed by atoms with E-state index < -0.39 is 0 Å². The van der Waals surface area contributed by atoms with Gasteiger partial charge >= 0.3 is 0 Å². The summed E-state index contributed by atoms with van der Waals surface area (Å²) in [4.78, 5) is 3.49. The summed E-state index contributed by atoms with van der Waals surface area (Å²) in [6.45, 7) is 3.29. The van der Waals surface area contributed by atoms with E-state index in [-0.39, 0.29) is 11.9 Å². The molecule has 1 aliphatic rings. The van der Waals surface area contributed by atoms with Crippen molar-refractivity contribution in [1.29, 1.82) is 0 Å². The maximum atomic E-state index is 9.53. The molecular weight excluding hydrogens is 262 g/mol. The number of phenolic OH excluding ortho intramolecular Hbond substituents is 1. The van der Waals surface area contributed by atoms with Crippen LogP contribution in [0.2, 0.25) is 0 Å². The van der Waals surface area contributed by atoms with Crippen molar-refractivity contribution in [2.24, 2.45) is 0 Å². The summed E-state index contributed by atoms with van der Waals surface area (Å²) in [6, 6.07) is 7.28. The zero-order chi connectivity index (χ0) is 13.1. The van der Waals surface area contributed by atoms with Gasteiger partial charge in [0.2, 0.25) is 0 Å². The average Bonchev–Trinajstić information content (AvgIpc) is 2.92. The first-order valence-electron chi connectivity index (χ1n) is 6.20. The Bertz CT molecular complexity index is 532. The van der Waals surface area contributed by atoms with Crippen LogP contribution in [-0.4, -0.2) is 39.3 Å². The van der Waals surface area contributed by atoms with E-state index in [0.717, 1.165) is 30.1 Å². The fourth-order valence-corrected chi connectivity index (χ4v) is 2.78. The lowest BCUT2D eigenvalue weighted by Gasteiger charge is -2.32. The summed E-state index contributed by atoms with van der Waals surface area (Å²) < 4.78 is 9.66. The Morgan fingerprint density at radius 2 is 2.42 bits per heavy atom. The summed E-state index contributed by atoms with van der Waals surface area (Å²) in [5.41, 5.74) is 1.02. The summed E-state index contributed by atoms with van der Waals surface area (Å²) in [6.07, 6.45) is 1.82. The van der Waals surface area contributed by atoms with Crippen LogP contribution in [0.15, 0.2) is 30.5 Å². The van der Waals surface area contributed by atoms with Gasteiger partial charge in [0.15, 0.2) is 0 Å². The van der Waals surface area contributed by atoms with Gasteiger partial charge < -0.3 is 9.84 Å². The highest BCUT2D eigenvalue weighted by molar-refractivity contribution is 7.05. The molecule has 1 aromatic carbocycles. The van der Waals surface area contributed by atoms with Gasteiger partial charge in [0, 0.05) is 19.6 Å². The molecule has 0 aliphatic carbocycles. The van der Waals surface area contributed by atoms with Crippen LogP contribution >= 0.6 is 11.5 Å². The van der Waals surface area contributed by atoms with Crippen molar-refractivity contribution in [3.63, 3.8) is 0 Å². The van der Waals surface area contributed by atoms with Gasteiger partial charge in [0.25, 0.3) is 0 Å². The monoisotopic (exact) mass is 277 g/mol. The van der Waals surface area contributed by atoms with Gasteiger partial charge in [0.1, 0.15) is 5.75 Å². The standard InChI is InChI=1S/C13H15N3O2S/c17-11-3-1-2-10(6-11)13-9-16(4-5-18-13)8-12-7-14-15-19-12/h1-3,6-7,13,17H,4-5,8-9H2. The molecule has 0 spiro atoms. The highest BCUT2D eigenvalue weighted by atomic mass is 32.1. The molecule has 0 amide bonds. The lowest BCUT2D eigenvalue weighted by atomic mass is 10.1. The molecule has 1 aromatic heterocycles. The van der Waals surface area contributed by atoms with E-state index in [1.807, 2.05) is 18.3 Å². The Hall–Kier alpha value is -1.50. The molecule has 0 bridgehead atoms. The number of nitrogens with zero attached hydrogens (tertiary/aromatic N) is 3. The second kappa shape index (κ2) is 5.64. The Morgan fingerprint density at radius 1 is 1.47 bits per heavy atom. The van der Waals surface area contributed by atoms with Crippen molar-refractivity contribution < 1.29 is 9.84 Å². The van der Waals surface area contributed by atoms with Crippen molar-refractivity contribution in [3.8, 4) is 5.75 Å². The maximum absolute atomic E-state index is 9.53. The predicted octanol–water partition coefficient (Wildman–Crippen LogP) is 1.82. The first kappa shape index (κ1) is 12.5. The van der Waals surface area contributed by atoms with Crippen molar-refractivity contribution in [2.45, 2.75) is 12.6 Å². The van der Waals surface area contributed by atoms with Crippen LogP contribution in [0.25, 0.3) is 0 Å². The number of morpholine rings is 1. The minimum Gasteiger partial charge on any atom is -0.508 e. The van der Waals surface area contributed by atoms with Gasteiger partial charge in [-0.1, -0.05) is 16.6 Å². The van der Waals surface area contributed by atoms with E-state index in [4.69, 9.17) is 4.74 Å². The number of ether oxygens (including phenoxy) is 1. The summed E-state index contributed by atoms with van der Waals surface area (Å²) in [7, 11) is 0. The Morgan fingerprint density at radius 3 is 3.21 bits per heavy atom. The molecule has 2 aromatic rings. The van der Waals surface area contributed by atoms with Crippen molar-refractivity contribution in [2.75, 3.05) is 19.7 Å². The van der Waals surface area contributed by atoms with Crippen LogP contribution in [0.1, 0.15) is 16.5 Å². The normalized spacial score (nSPS) is 20.5. The zero-order valence-corrected chi connectivity index (χ0v) is 11.2. The number of phenols is 1. The van der Waals surface area contributed by atoms with E-state index in [0.29, 0.717) is 6.61 Å². The van der Waals surface area contributed by atoms with E-state index in [1.54, 1.807) is 12.1 Å². The second-order valence-corrected chi connectivity index (χ2v) is 5.44. The number of hydrogen-bond donors (Lipinski definition) is 1. The fourth-order valence-electron chi connectivity index (χ4n) is 2.25. The fraction of sp³-hybridized carbons (Fsp3) is 0.385. The first-order valence-corrected chi connectivity index (χ1v) is 6.98. The molecule has 1 atom stereocenters. The van der Waals surface area contributed by atoms with Gasteiger partial charge in [-0.25, -0.2) is 0 Å². The second-order valence-electron chi connectivity index (χ2n) is 4.57. The molecule has 19 heavy (non-hydrogen) atoms. The smallest absolute Gasteiger partial charge is 0.115 e. The number of aromatic nitrogens is 2. The first-order chi connectivity index (χ1) is 9.31. The topological polar surface area (TPSA) is 58.5 Å². The van der Waals surface area contributed by atoms with Crippen LogP contribution in [0.3, 0.4) is 0 Å². The van der Waals surface area contributed by atoms with E-state index in [9.17, 15) is 5.11 Å². The number of rotatable bonds is 3. The molecule has 0 saturated carbocycles. The number of aromatic hydroxyl groups is 1. The van der Waals surface area contributed by atoms with E-state index in [1.165, 1.54) is 11.5 Å².